The van der Waals surface area contributed by atoms with E-state index in [1.54, 1.807) is 15.8 Å². The number of aliphatic hydroxyl groups is 1. The predicted molar refractivity (Wildman–Crippen MR) is 75.7 cm³/mol. The summed E-state index contributed by atoms with van der Waals surface area (Å²) in [6.45, 7) is 4.05. The van der Waals surface area contributed by atoms with Crippen LogP contribution >= 0.6 is 11.3 Å². The lowest BCUT2D eigenvalue weighted by atomic mass is 10.3. The molecule has 1 fully saturated rings. The molecule has 1 aliphatic rings. The van der Waals surface area contributed by atoms with E-state index < -0.39 is 10.0 Å². The minimum Gasteiger partial charge on any atom is -0.392 e. The van der Waals surface area contributed by atoms with Crippen molar-refractivity contribution in [3.8, 4) is 0 Å². The first-order valence-electron chi connectivity index (χ1n) is 6.34. The van der Waals surface area contributed by atoms with E-state index in [-0.39, 0.29) is 12.6 Å². The third-order valence-electron chi connectivity index (χ3n) is 3.36. The van der Waals surface area contributed by atoms with E-state index in [1.807, 2.05) is 14.0 Å². The van der Waals surface area contributed by atoms with Crippen LogP contribution in [0.2, 0.25) is 0 Å². The highest BCUT2D eigenvalue weighted by Gasteiger charge is 2.32. The first kappa shape index (κ1) is 14.9. The topological polar surface area (TPSA) is 60.9 Å². The fourth-order valence-corrected chi connectivity index (χ4v) is 5.38. The van der Waals surface area contributed by atoms with Gasteiger partial charge in [-0.2, -0.15) is 4.31 Å². The molecule has 0 aromatic carbocycles. The van der Waals surface area contributed by atoms with Gasteiger partial charge in [-0.25, -0.2) is 8.42 Å². The third kappa shape index (κ3) is 3.17. The predicted octanol–water partition coefficient (Wildman–Crippen LogP) is 0.955. The van der Waals surface area contributed by atoms with Crippen LogP contribution in [0.3, 0.4) is 0 Å². The van der Waals surface area contributed by atoms with Gasteiger partial charge in [0, 0.05) is 19.1 Å². The second-order valence-corrected chi connectivity index (χ2v) is 8.04. The van der Waals surface area contributed by atoms with Gasteiger partial charge in [-0.05, 0) is 43.9 Å². The number of aliphatic hydroxyl groups excluding tert-OH is 1. The number of thiophene rings is 1. The summed E-state index contributed by atoms with van der Waals surface area (Å²) in [6.07, 6.45) is 0.846. The molecule has 2 rings (SSSR count). The van der Waals surface area contributed by atoms with Crippen LogP contribution in [0.5, 0.6) is 0 Å². The maximum Gasteiger partial charge on any atom is 0.252 e. The molecule has 2 heterocycles. The molecule has 1 atom stereocenters. The second kappa shape index (κ2) is 5.88. The van der Waals surface area contributed by atoms with Crippen LogP contribution in [-0.4, -0.2) is 55.5 Å². The standard InChI is InChI=1S/C12H20N2O3S2/c1-10-7-13(2)4-3-5-14(10)19(16,17)12-6-11(8-15)9-18-12/h6,9-10,15H,3-5,7-8H2,1-2H3. The molecule has 0 saturated carbocycles. The molecule has 1 unspecified atom stereocenters. The van der Waals surface area contributed by atoms with Gasteiger partial charge >= 0.3 is 0 Å². The molecule has 0 bridgehead atoms. The number of nitrogens with zero attached hydrogens (tertiary/aromatic N) is 2. The van der Waals surface area contributed by atoms with Gasteiger partial charge in [0.25, 0.3) is 10.0 Å². The Hall–Kier alpha value is -0.470. The van der Waals surface area contributed by atoms with Gasteiger partial charge in [0.05, 0.1) is 6.61 Å². The van der Waals surface area contributed by atoms with Crippen molar-refractivity contribution in [2.45, 2.75) is 30.2 Å². The Morgan fingerprint density at radius 1 is 1.47 bits per heavy atom. The Labute approximate surface area is 118 Å². The van der Waals surface area contributed by atoms with Gasteiger partial charge < -0.3 is 10.0 Å². The lowest BCUT2D eigenvalue weighted by molar-refractivity contribution is 0.282. The van der Waals surface area contributed by atoms with Crippen LogP contribution < -0.4 is 0 Å². The zero-order valence-electron chi connectivity index (χ0n) is 11.2. The van der Waals surface area contributed by atoms with E-state index in [4.69, 9.17) is 5.11 Å². The normalized spacial score (nSPS) is 23.4. The average molecular weight is 304 g/mol. The molecule has 0 amide bonds. The molecular weight excluding hydrogens is 284 g/mol. The largest absolute Gasteiger partial charge is 0.392 e. The SMILES string of the molecule is CC1CN(C)CCCN1S(=O)(=O)c1cc(CO)cs1. The van der Waals surface area contributed by atoms with E-state index in [9.17, 15) is 8.42 Å². The van der Waals surface area contributed by atoms with Crippen LogP contribution in [0.25, 0.3) is 0 Å². The maximum absolute atomic E-state index is 12.6. The molecule has 1 aromatic heterocycles. The quantitative estimate of drug-likeness (QED) is 0.903. The van der Waals surface area contributed by atoms with Gasteiger partial charge in [0.1, 0.15) is 4.21 Å². The van der Waals surface area contributed by atoms with Gasteiger partial charge in [0.15, 0.2) is 0 Å². The minimum atomic E-state index is -3.43. The zero-order valence-corrected chi connectivity index (χ0v) is 12.9. The van der Waals surface area contributed by atoms with Gasteiger partial charge in [-0.1, -0.05) is 0 Å². The van der Waals surface area contributed by atoms with Crippen LogP contribution in [-0.2, 0) is 16.6 Å². The molecule has 19 heavy (non-hydrogen) atoms. The molecule has 1 aliphatic heterocycles. The maximum atomic E-state index is 12.6. The van der Waals surface area contributed by atoms with Gasteiger partial charge in [0.2, 0.25) is 0 Å². The van der Waals surface area contributed by atoms with Crippen molar-refractivity contribution in [1.29, 1.82) is 0 Å². The highest BCUT2D eigenvalue weighted by Crippen LogP contribution is 2.26. The number of rotatable bonds is 3. The van der Waals surface area contributed by atoms with E-state index in [1.165, 1.54) is 11.3 Å². The highest BCUT2D eigenvalue weighted by atomic mass is 32.2. The Kier molecular flexibility index (Phi) is 4.62. The molecule has 1 N–H and O–H groups in total. The summed E-state index contributed by atoms with van der Waals surface area (Å²) < 4.78 is 27.2. The van der Waals surface area contributed by atoms with E-state index >= 15 is 0 Å². The van der Waals surface area contributed by atoms with Crippen molar-refractivity contribution in [1.82, 2.24) is 9.21 Å². The van der Waals surface area contributed by atoms with E-state index in [0.717, 1.165) is 19.5 Å². The molecule has 1 aromatic rings. The summed E-state index contributed by atoms with van der Waals surface area (Å²) >= 11 is 1.18. The number of likely N-dealkylation sites (N-methyl/N-ethyl adjacent to an activating group) is 1. The van der Waals surface area contributed by atoms with Crippen LogP contribution in [0, 0.1) is 0 Å². The number of sulfonamides is 1. The first-order chi connectivity index (χ1) is 8.95. The minimum absolute atomic E-state index is 0.0304. The molecule has 0 spiro atoms. The lowest BCUT2D eigenvalue weighted by Gasteiger charge is -2.26. The van der Waals surface area contributed by atoms with Crippen molar-refractivity contribution in [3.05, 3.63) is 17.0 Å². The zero-order chi connectivity index (χ0) is 14.0. The van der Waals surface area contributed by atoms with Crippen molar-refractivity contribution >= 4 is 21.4 Å². The average Bonchev–Trinajstić information content (AvgIpc) is 2.76. The number of hydrogen-bond acceptors (Lipinski definition) is 5. The molecule has 7 heteroatoms. The Bertz CT molecular complexity index is 527. The van der Waals surface area contributed by atoms with Gasteiger partial charge in [-0.3, -0.25) is 0 Å². The summed E-state index contributed by atoms with van der Waals surface area (Å²) in [5.41, 5.74) is 0.656. The molecule has 5 nitrogen and oxygen atoms in total. The summed E-state index contributed by atoms with van der Waals surface area (Å²) in [6, 6.07) is 1.54. The fraction of sp³-hybridized carbons (Fsp3) is 0.667. The van der Waals surface area contributed by atoms with Crippen molar-refractivity contribution in [2.75, 3.05) is 26.7 Å². The second-order valence-electron chi connectivity index (χ2n) is 5.01. The molecular formula is C12H20N2O3S2. The summed E-state index contributed by atoms with van der Waals surface area (Å²) in [5, 5.41) is 10.7. The summed E-state index contributed by atoms with van der Waals surface area (Å²) in [5.74, 6) is 0. The van der Waals surface area contributed by atoms with Crippen molar-refractivity contribution in [3.63, 3.8) is 0 Å². The molecule has 0 radical (unpaired) electrons. The van der Waals surface area contributed by atoms with Crippen LogP contribution in [0.1, 0.15) is 18.9 Å². The fourth-order valence-electron chi connectivity index (χ4n) is 2.39. The first-order valence-corrected chi connectivity index (χ1v) is 8.66. The van der Waals surface area contributed by atoms with Crippen LogP contribution in [0.4, 0.5) is 0 Å². The smallest absolute Gasteiger partial charge is 0.252 e. The Balaban J connectivity index is 2.27. The molecule has 1 saturated heterocycles. The van der Waals surface area contributed by atoms with Gasteiger partial charge in [-0.15, -0.1) is 11.3 Å². The monoisotopic (exact) mass is 304 g/mol. The number of hydrogen-bond donors (Lipinski definition) is 1. The van der Waals surface area contributed by atoms with E-state index in [2.05, 4.69) is 4.90 Å². The third-order valence-corrected chi connectivity index (χ3v) is 6.84. The highest BCUT2D eigenvalue weighted by molar-refractivity contribution is 7.91. The van der Waals surface area contributed by atoms with Crippen LogP contribution in [0.15, 0.2) is 15.7 Å². The molecule has 108 valence electrons. The van der Waals surface area contributed by atoms with Crippen molar-refractivity contribution in [2.24, 2.45) is 0 Å². The lowest BCUT2D eigenvalue weighted by Crippen LogP contribution is -2.41. The summed E-state index contributed by atoms with van der Waals surface area (Å²) in [4.78, 5) is 2.16. The Morgan fingerprint density at radius 2 is 2.21 bits per heavy atom. The summed E-state index contributed by atoms with van der Waals surface area (Å²) in [7, 11) is -1.42. The molecule has 0 aliphatic carbocycles. The Morgan fingerprint density at radius 3 is 2.84 bits per heavy atom. The van der Waals surface area contributed by atoms with Crippen molar-refractivity contribution < 1.29 is 13.5 Å². The van der Waals surface area contributed by atoms with E-state index in [0.29, 0.717) is 16.3 Å².